The molecule has 1 heterocycles. The van der Waals surface area contributed by atoms with Crippen LogP contribution in [0.2, 0.25) is 0 Å². The SMILES string of the molecule is C=C(S/C(=C\N)CO)[C@]1(O)CC[C@H](N2CC(NC(=O)CNC(=O)c3cccc(C(F)(F)F)c3)C2)CC1. The van der Waals surface area contributed by atoms with Gasteiger partial charge in [0.1, 0.15) is 0 Å². The molecule has 2 amide bonds. The van der Waals surface area contributed by atoms with Crippen LogP contribution in [0.15, 0.2) is 46.9 Å². The number of hydrogen-bond acceptors (Lipinski definition) is 7. The highest BCUT2D eigenvalue weighted by Crippen LogP contribution is 2.42. The van der Waals surface area contributed by atoms with Crippen LogP contribution in [0.4, 0.5) is 13.2 Å². The summed E-state index contributed by atoms with van der Waals surface area (Å²) in [5.41, 5.74) is 3.33. The average Bonchev–Trinajstić information content (AvgIpc) is 2.83. The van der Waals surface area contributed by atoms with Gasteiger partial charge in [-0.25, -0.2) is 0 Å². The van der Waals surface area contributed by atoms with Crippen molar-refractivity contribution in [3.8, 4) is 0 Å². The van der Waals surface area contributed by atoms with Crippen LogP contribution in [-0.4, -0.2) is 70.9 Å². The molecule has 1 saturated heterocycles. The van der Waals surface area contributed by atoms with Gasteiger partial charge in [-0.15, -0.1) is 0 Å². The van der Waals surface area contributed by atoms with Gasteiger partial charge >= 0.3 is 6.18 Å². The van der Waals surface area contributed by atoms with Gasteiger partial charge in [0.05, 0.1) is 30.4 Å². The molecule has 0 radical (unpaired) electrons. The monoisotopic (exact) mass is 528 g/mol. The van der Waals surface area contributed by atoms with E-state index in [1.807, 2.05) is 0 Å². The molecule has 1 aromatic rings. The molecule has 8 nitrogen and oxygen atoms in total. The minimum Gasteiger partial charge on any atom is -0.404 e. The third kappa shape index (κ3) is 7.02. The van der Waals surface area contributed by atoms with Crippen LogP contribution in [0.25, 0.3) is 0 Å². The summed E-state index contributed by atoms with van der Waals surface area (Å²) in [5.74, 6) is -1.17. The second-order valence-corrected chi connectivity index (χ2v) is 10.3. The lowest BCUT2D eigenvalue weighted by Crippen LogP contribution is -2.63. The van der Waals surface area contributed by atoms with Crippen molar-refractivity contribution in [2.75, 3.05) is 26.2 Å². The topological polar surface area (TPSA) is 128 Å². The Labute approximate surface area is 211 Å². The van der Waals surface area contributed by atoms with Gasteiger partial charge in [-0.2, -0.15) is 13.2 Å². The Morgan fingerprint density at radius 3 is 2.53 bits per heavy atom. The summed E-state index contributed by atoms with van der Waals surface area (Å²) in [6.45, 7) is 4.68. The first-order valence-corrected chi connectivity index (χ1v) is 12.4. The minimum atomic E-state index is -4.56. The Morgan fingerprint density at radius 2 is 1.94 bits per heavy atom. The van der Waals surface area contributed by atoms with Gasteiger partial charge in [0.15, 0.2) is 0 Å². The summed E-state index contributed by atoms with van der Waals surface area (Å²) in [7, 11) is 0. The first kappa shape index (κ1) is 28.0. The van der Waals surface area contributed by atoms with E-state index in [2.05, 4.69) is 22.1 Å². The first-order valence-electron chi connectivity index (χ1n) is 11.6. The molecule has 6 N–H and O–H groups in total. The van der Waals surface area contributed by atoms with Gasteiger partial charge in [0.25, 0.3) is 5.91 Å². The van der Waals surface area contributed by atoms with Crippen LogP contribution in [0.1, 0.15) is 41.6 Å². The summed E-state index contributed by atoms with van der Waals surface area (Å²) in [6, 6.07) is 4.20. The maximum absolute atomic E-state index is 12.8. The number of thioether (sulfide) groups is 1. The smallest absolute Gasteiger partial charge is 0.404 e. The molecule has 0 atom stereocenters. The summed E-state index contributed by atoms with van der Waals surface area (Å²) in [6.07, 6.45) is -0.686. The molecule has 0 bridgehead atoms. The van der Waals surface area contributed by atoms with E-state index in [4.69, 9.17) is 5.73 Å². The number of nitrogens with two attached hydrogens (primary N) is 1. The zero-order valence-electron chi connectivity index (χ0n) is 19.7. The quantitative estimate of drug-likeness (QED) is 0.332. The summed E-state index contributed by atoms with van der Waals surface area (Å²) in [4.78, 5) is 27.6. The number of halogens is 3. The van der Waals surface area contributed by atoms with E-state index in [0.29, 0.717) is 35.7 Å². The summed E-state index contributed by atoms with van der Waals surface area (Å²) >= 11 is 1.19. The predicted octanol–water partition coefficient (Wildman–Crippen LogP) is 1.95. The fraction of sp³-hybridized carbons (Fsp3) is 0.500. The number of carbonyl (C=O) groups is 2. The minimum absolute atomic E-state index is 0.0869. The fourth-order valence-corrected chi connectivity index (χ4v) is 5.22. The molecule has 0 spiro atoms. The third-order valence-electron chi connectivity index (χ3n) is 6.55. The van der Waals surface area contributed by atoms with Crippen molar-refractivity contribution in [3.05, 3.63) is 58.0 Å². The molecular formula is C24H31F3N4O4S. The molecule has 1 aliphatic heterocycles. The van der Waals surface area contributed by atoms with E-state index in [1.54, 1.807) is 0 Å². The second-order valence-electron chi connectivity index (χ2n) is 9.06. The Morgan fingerprint density at radius 1 is 1.28 bits per heavy atom. The largest absolute Gasteiger partial charge is 0.416 e. The van der Waals surface area contributed by atoms with E-state index >= 15 is 0 Å². The molecular weight excluding hydrogens is 497 g/mol. The Kier molecular flexibility index (Phi) is 9.09. The average molecular weight is 529 g/mol. The van der Waals surface area contributed by atoms with E-state index in [9.17, 15) is 33.0 Å². The van der Waals surface area contributed by atoms with Gasteiger partial charge in [0.2, 0.25) is 5.91 Å². The molecule has 1 aliphatic carbocycles. The lowest BCUT2D eigenvalue weighted by molar-refractivity contribution is -0.137. The zero-order valence-corrected chi connectivity index (χ0v) is 20.5. The van der Waals surface area contributed by atoms with Crippen molar-refractivity contribution >= 4 is 23.6 Å². The molecule has 3 rings (SSSR count). The van der Waals surface area contributed by atoms with Gasteiger partial charge in [-0.05, 0) is 43.9 Å². The number of amides is 2. The maximum Gasteiger partial charge on any atom is 0.416 e. The number of nitrogens with one attached hydrogen (secondary N) is 2. The number of hydrogen-bond donors (Lipinski definition) is 5. The molecule has 12 heteroatoms. The highest BCUT2D eigenvalue weighted by molar-refractivity contribution is 8.06. The lowest BCUT2D eigenvalue weighted by Gasteiger charge is -2.48. The molecule has 0 aromatic heterocycles. The number of rotatable bonds is 9. The van der Waals surface area contributed by atoms with E-state index in [1.165, 1.54) is 24.0 Å². The molecule has 2 fully saturated rings. The number of alkyl halides is 3. The van der Waals surface area contributed by atoms with Gasteiger partial charge in [-0.1, -0.05) is 24.4 Å². The lowest BCUT2D eigenvalue weighted by atomic mass is 9.80. The van der Waals surface area contributed by atoms with Crippen LogP contribution in [-0.2, 0) is 11.0 Å². The number of aliphatic hydroxyl groups is 2. The molecule has 0 unspecified atom stereocenters. The number of carbonyl (C=O) groups excluding carboxylic acids is 2. The number of aliphatic hydroxyl groups excluding tert-OH is 1. The maximum atomic E-state index is 12.8. The van der Waals surface area contributed by atoms with Crippen molar-refractivity contribution in [1.82, 2.24) is 15.5 Å². The molecule has 2 aliphatic rings. The normalized spacial score (nSPS) is 23.6. The first-order chi connectivity index (χ1) is 16.9. The summed E-state index contributed by atoms with van der Waals surface area (Å²) < 4.78 is 38.4. The highest BCUT2D eigenvalue weighted by atomic mass is 32.2. The number of nitrogens with zero attached hydrogens (tertiary/aromatic N) is 1. The van der Waals surface area contributed by atoms with Gasteiger partial charge in [-0.3, -0.25) is 14.5 Å². The predicted molar refractivity (Wildman–Crippen MR) is 131 cm³/mol. The van der Waals surface area contributed by atoms with Crippen LogP contribution in [0.5, 0.6) is 0 Å². The standard InChI is InChI=1S/C24H31F3N4O4S/c1-15(36-20(10-28)14-32)23(35)7-5-19(6-8-23)31-12-18(13-31)30-21(33)11-29-22(34)16-3-2-4-17(9-16)24(25,26)27/h2-4,9-10,18-19,32,35H,1,5-8,11-14,28H2,(H,29,34)(H,30,33)/b20-10-/t19-,23-. The van der Waals surface area contributed by atoms with Crippen molar-refractivity contribution < 1.29 is 33.0 Å². The second kappa shape index (κ2) is 11.7. The summed E-state index contributed by atoms with van der Waals surface area (Å²) in [5, 5.41) is 25.4. The van der Waals surface area contributed by atoms with E-state index < -0.39 is 29.2 Å². The van der Waals surface area contributed by atoms with Gasteiger partial charge in [0, 0.05) is 40.7 Å². The Hall–Kier alpha value is -2.54. The molecule has 1 aromatic carbocycles. The molecule has 198 valence electrons. The van der Waals surface area contributed by atoms with Crippen molar-refractivity contribution in [1.29, 1.82) is 0 Å². The van der Waals surface area contributed by atoms with E-state index in [0.717, 1.165) is 31.0 Å². The Bertz CT molecular complexity index is 1000. The van der Waals surface area contributed by atoms with Crippen molar-refractivity contribution in [2.24, 2.45) is 5.73 Å². The van der Waals surface area contributed by atoms with Crippen LogP contribution in [0, 0.1) is 0 Å². The Balaban J connectivity index is 1.37. The van der Waals surface area contributed by atoms with Crippen molar-refractivity contribution in [3.63, 3.8) is 0 Å². The third-order valence-corrected chi connectivity index (χ3v) is 7.70. The van der Waals surface area contributed by atoms with E-state index in [-0.39, 0.29) is 30.8 Å². The molecule has 1 saturated carbocycles. The highest BCUT2D eigenvalue weighted by Gasteiger charge is 2.41. The van der Waals surface area contributed by atoms with Crippen LogP contribution >= 0.6 is 11.8 Å². The fourth-order valence-electron chi connectivity index (χ4n) is 4.38. The van der Waals surface area contributed by atoms with Crippen LogP contribution < -0.4 is 16.4 Å². The van der Waals surface area contributed by atoms with Crippen molar-refractivity contribution in [2.45, 2.75) is 49.5 Å². The van der Waals surface area contributed by atoms with Gasteiger partial charge < -0.3 is 26.6 Å². The van der Waals surface area contributed by atoms with Crippen LogP contribution in [0.3, 0.4) is 0 Å². The number of likely N-dealkylation sites (tertiary alicyclic amines) is 1. The zero-order chi connectivity index (χ0) is 26.5. The number of benzene rings is 1. The molecule has 36 heavy (non-hydrogen) atoms.